The van der Waals surface area contributed by atoms with Crippen LogP contribution >= 0.6 is 35.3 Å². The zero-order valence-corrected chi connectivity index (χ0v) is 72.9. The van der Waals surface area contributed by atoms with Gasteiger partial charge in [0.1, 0.15) is 103 Å². The fraction of sp³-hybridized carbons (Fsp3) is 0.600. The van der Waals surface area contributed by atoms with Gasteiger partial charge in [-0.1, -0.05) is 44.2 Å². The predicted octanol–water partition coefficient (Wildman–Crippen LogP) is -12.0. The summed E-state index contributed by atoms with van der Waals surface area (Å²) in [6, 6.07) is -13.7. The highest BCUT2D eigenvalue weighted by Crippen LogP contribution is 2.25. The number of nitrogens with two attached hydrogens (primary N) is 7. The Morgan fingerprint density at radius 2 is 0.850 bits per heavy atom. The van der Waals surface area contributed by atoms with Crippen LogP contribution in [0.5, 0.6) is 5.75 Å². The number of aromatic hydroxyl groups is 1. The number of fused-ring (bicyclic) bond motifs is 5. The van der Waals surface area contributed by atoms with Crippen molar-refractivity contribution < 1.29 is 117 Å². The molecule has 4 rings (SSSR count). The lowest BCUT2D eigenvalue weighted by atomic mass is 10.0. The van der Waals surface area contributed by atoms with Gasteiger partial charge in [-0.15, -0.1) is 0 Å². The molecule has 2 heterocycles. The van der Waals surface area contributed by atoms with Crippen LogP contribution in [0.2, 0.25) is 0 Å². The summed E-state index contributed by atoms with van der Waals surface area (Å²) in [5, 5.41) is 106. The second-order valence-corrected chi connectivity index (χ2v) is 33.2. The van der Waals surface area contributed by atoms with Gasteiger partial charge in [0.2, 0.25) is 88.6 Å². The maximum absolute atomic E-state index is 15.2. The van der Waals surface area contributed by atoms with Crippen LogP contribution in [-0.2, 0) is 110 Å². The minimum absolute atomic E-state index is 0.000412. The van der Waals surface area contributed by atoms with E-state index < -0.39 is 274 Å². The molecule has 4 bridgehead atoms. The Bertz CT molecular complexity index is 4090. The highest BCUT2D eigenvalue weighted by molar-refractivity contribution is 7.99. The number of carboxylic acid groups (broad SMARTS) is 3. The summed E-state index contributed by atoms with van der Waals surface area (Å²) in [5.41, 5.74) is 41.7. The van der Waals surface area contributed by atoms with E-state index in [0.717, 1.165) is 35.3 Å². The maximum atomic E-state index is 15.2. The largest absolute Gasteiger partial charge is 0.508 e. The van der Waals surface area contributed by atoms with E-state index in [1.807, 2.05) is 0 Å². The number of phenolic OH excluding ortho intramolecular Hbond substituents is 1. The van der Waals surface area contributed by atoms with Gasteiger partial charge in [0.25, 0.3) is 0 Å². The van der Waals surface area contributed by atoms with E-state index >= 15 is 4.79 Å². The SMILES string of the molecule is CC(C)[C@@H]1NC(=O)[C@H](CCC(=O)O)NC(=O)[C@H](Cc2ccc(O)cc2)NC(=O)[C@H](CCCNC(N)N)NC(=O)[C@H](CO)NC(=O)[C@@H](NC(=O)[C@H](C)N)CSCc2cc3cc(c2)CSC[C@H](NC(=O)[C@H](CC(=O)O)NC1=O)C(=O)N[C@@H](CCCNC(N)N)C(=O)NCC(=O)N[C@@H](CCCNC(N)N)C(=O)NCC(=O)N[C@@H](CO)C(=O)N[C@@H](C)C(=O)N[C@H](C(=O)O)CSC3. The van der Waals surface area contributed by atoms with Gasteiger partial charge in [-0.05, 0) is 119 Å². The molecule has 0 spiro atoms. The molecule has 14 atom stereocenters. The van der Waals surface area contributed by atoms with Crippen molar-refractivity contribution in [1.82, 2.24) is 95.7 Å². The monoisotopic (exact) mass is 1850 g/mol. The smallest absolute Gasteiger partial charge is 0.327 e. The van der Waals surface area contributed by atoms with Crippen molar-refractivity contribution in [1.29, 1.82) is 0 Å². The van der Waals surface area contributed by atoms with E-state index in [4.69, 9.17) is 40.1 Å². The Labute approximate surface area is 743 Å². The highest BCUT2D eigenvalue weighted by Gasteiger charge is 2.39. The summed E-state index contributed by atoms with van der Waals surface area (Å²) in [6.07, 6.45) is -7.04. The van der Waals surface area contributed by atoms with Crippen LogP contribution in [0.4, 0.5) is 0 Å². The van der Waals surface area contributed by atoms with Gasteiger partial charge in [0, 0.05) is 47.4 Å². The summed E-state index contributed by atoms with van der Waals surface area (Å²) >= 11 is 2.94. The second kappa shape index (κ2) is 56.5. The minimum atomic E-state index is -2.15. The topological polar surface area (TPSA) is 827 Å². The van der Waals surface area contributed by atoms with Crippen LogP contribution in [0.1, 0.15) is 108 Å². The standard InChI is InChI=1S/C75H121N25O24S3/c1-35(2)58-71(122)95-48(24-57(108)109)66(117)98-52-33-126-30-40-20-39(29-125-32-51(97-59(110)36(3)76)70(121)96-50(28-102)68(119)92-45(10-7-19-85-75(81)82)63(114)94-47(23-38-11-13-42(103)14-12-38)65(116)93-46(64(115)100-58)15-16-56(106)107)21-41(22-40)31-127-34-53(72(123)124)99-60(111)37(4)88-67(118)49(27-101)90-55(105)26-86-61(112)43(8-5-17-83-73(77)78)89-54(104)25-87-62(113)44(91-69(52)120)9-6-18-84-74(79)80/h11-14,20-22,35-37,43-53,58,73-75,83-85,101-103H,5-10,15-19,23-34,76-82H2,1-4H3,(H,86,112)(H,87,113)(H,88,118)(H,89,104)(H,90,105)(H,91,120)(H,92,119)(H,93,116)(H,94,114)(H,95,122)(H,96,121)(H,97,110)(H,98,117)(H,99,111)(H,100,115)(H,106,107)(H,108,109)(H,123,124)/t36-,37-,43-,44-,45-,46-,47-,48-,49-,50-,51-,52-,53-,58-/m0/s1. The molecule has 2 aromatic carbocycles. The number of benzene rings is 2. The van der Waals surface area contributed by atoms with E-state index in [9.17, 15) is 112 Å². The number of phenols is 1. The Balaban J connectivity index is 2.03. The lowest BCUT2D eigenvalue weighted by Gasteiger charge is -2.29. The first-order chi connectivity index (χ1) is 60.0. The average Bonchev–Trinajstić information content (AvgIpc) is 0.919. The molecular formula is C75H121N25O24S3. The Morgan fingerprint density at radius 3 is 1.33 bits per heavy atom. The van der Waals surface area contributed by atoms with E-state index in [0.29, 0.717) is 16.7 Å². The molecule has 0 radical (unpaired) electrons. The molecule has 2 aliphatic rings. The molecule has 15 amide bonds. The van der Waals surface area contributed by atoms with Crippen LogP contribution in [-0.4, -0.2) is 304 Å². The molecule has 38 N–H and O–H groups in total. The number of carbonyl (C=O) groups is 18. The van der Waals surface area contributed by atoms with Crippen LogP contribution in [0, 0.1) is 5.92 Å². The lowest BCUT2D eigenvalue weighted by Crippen LogP contribution is -2.62. The summed E-state index contributed by atoms with van der Waals surface area (Å²) in [6.45, 7) is 1.39. The summed E-state index contributed by atoms with van der Waals surface area (Å²) in [7, 11) is 0. The highest BCUT2D eigenvalue weighted by atomic mass is 32.2. The molecule has 708 valence electrons. The van der Waals surface area contributed by atoms with E-state index in [1.54, 1.807) is 18.2 Å². The van der Waals surface area contributed by atoms with E-state index in [1.165, 1.54) is 52.0 Å². The summed E-state index contributed by atoms with van der Waals surface area (Å²) in [5.74, 6) is -24.1. The molecule has 0 saturated carbocycles. The van der Waals surface area contributed by atoms with E-state index in [2.05, 4.69) is 95.7 Å². The summed E-state index contributed by atoms with van der Waals surface area (Å²) in [4.78, 5) is 252. The molecule has 0 fully saturated rings. The number of aliphatic carboxylic acids is 3. The zero-order valence-electron chi connectivity index (χ0n) is 70.5. The van der Waals surface area contributed by atoms with Gasteiger partial charge in [-0.25, -0.2) is 4.79 Å². The average molecular weight is 1850 g/mol. The van der Waals surface area contributed by atoms with Crippen LogP contribution < -0.4 is 136 Å². The zero-order chi connectivity index (χ0) is 94.7. The number of carbonyl (C=O) groups excluding carboxylic acids is 15. The molecule has 2 aliphatic heterocycles. The molecule has 2 aromatic rings. The van der Waals surface area contributed by atoms with Crippen molar-refractivity contribution in [3.63, 3.8) is 0 Å². The molecule has 127 heavy (non-hydrogen) atoms. The fourth-order valence-corrected chi connectivity index (χ4v) is 15.1. The van der Waals surface area contributed by atoms with Crippen molar-refractivity contribution in [3.8, 4) is 5.75 Å². The number of carboxylic acids is 3. The molecular weight excluding hydrogens is 1730 g/mol. The minimum Gasteiger partial charge on any atom is -0.508 e. The number of rotatable bonds is 28. The molecule has 0 unspecified atom stereocenters. The third-order valence-electron chi connectivity index (χ3n) is 18.9. The number of hydrogen-bond acceptors (Lipinski definition) is 34. The number of nitrogens with one attached hydrogen (secondary N) is 18. The Kier molecular flexibility index (Phi) is 48.3. The Morgan fingerprint density at radius 1 is 0.441 bits per heavy atom. The van der Waals surface area contributed by atoms with Crippen LogP contribution in [0.15, 0.2) is 42.5 Å². The second-order valence-electron chi connectivity index (χ2n) is 30.1. The number of aliphatic hydroxyl groups is 2. The number of amides is 15. The predicted molar refractivity (Wildman–Crippen MR) is 461 cm³/mol. The van der Waals surface area contributed by atoms with Gasteiger partial charge < -0.3 is 151 Å². The first-order valence-corrected chi connectivity index (χ1v) is 43.9. The van der Waals surface area contributed by atoms with E-state index in [-0.39, 0.29) is 98.2 Å². The van der Waals surface area contributed by atoms with Crippen molar-refractivity contribution in [2.45, 2.75) is 213 Å². The van der Waals surface area contributed by atoms with Crippen LogP contribution in [0.3, 0.4) is 0 Å². The van der Waals surface area contributed by atoms with Gasteiger partial charge in [-0.2, -0.15) is 35.3 Å². The van der Waals surface area contributed by atoms with Gasteiger partial charge in [0.15, 0.2) is 0 Å². The maximum Gasteiger partial charge on any atom is 0.327 e. The third kappa shape index (κ3) is 41.3. The fourth-order valence-electron chi connectivity index (χ4n) is 12.2. The van der Waals surface area contributed by atoms with Crippen molar-refractivity contribution in [2.75, 3.05) is 63.2 Å². The molecule has 49 nitrogen and oxygen atoms in total. The first-order valence-electron chi connectivity index (χ1n) is 40.5. The van der Waals surface area contributed by atoms with Crippen molar-refractivity contribution in [3.05, 3.63) is 64.7 Å². The van der Waals surface area contributed by atoms with Crippen molar-refractivity contribution >= 4 is 142 Å². The normalized spacial score (nSPS) is 24.3. The van der Waals surface area contributed by atoms with Gasteiger partial charge in [-0.3, -0.25) is 97.5 Å². The van der Waals surface area contributed by atoms with Gasteiger partial charge in [0.05, 0.1) is 38.8 Å². The van der Waals surface area contributed by atoms with Crippen molar-refractivity contribution in [2.24, 2.45) is 46.1 Å². The quantitative estimate of drug-likeness (QED) is 0.0278. The third-order valence-corrected chi connectivity index (χ3v) is 22.2. The molecule has 0 aromatic heterocycles. The molecule has 0 saturated heterocycles. The van der Waals surface area contributed by atoms with Gasteiger partial charge >= 0.3 is 17.9 Å². The van der Waals surface area contributed by atoms with Crippen LogP contribution in [0.25, 0.3) is 0 Å². The number of hydrogen-bond donors (Lipinski definition) is 31. The molecule has 52 heteroatoms. The first kappa shape index (κ1) is 109. The lowest BCUT2D eigenvalue weighted by molar-refractivity contribution is -0.142. The Hall–Kier alpha value is -10.7. The number of thioether (sulfide) groups is 3. The number of aliphatic hydroxyl groups excluding tert-OH is 2. The summed E-state index contributed by atoms with van der Waals surface area (Å²) < 4.78 is 0. The molecule has 0 aliphatic carbocycles.